The van der Waals surface area contributed by atoms with Crippen LogP contribution in [0.15, 0.2) is 53.6 Å². The maximum atomic E-state index is 12.0. The Bertz CT molecular complexity index is 910. The van der Waals surface area contributed by atoms with Crippen LogP contribution in [0.2, 0.25) is 0 Å². The maximum Gasteiger partial charge on any atom is 0.329 e. The first-order valence-electron chi connectivity index (χ1n) is 9.60. The van der Waals surface area contributed by atoms with Crippen LogP contribution in [-0.2, 0) is 14.4 Å². The van der Waals surface area contributed by atoms with Gasteiger partial charge in [-0.3, -0.25) is 14.4 Å². The second-order valence-corrected chi connectivity index (χ2v) is 6.76. The highest BCUT2D eigenvalue weighted by Crippen LogP contribution is 2.13. The van der Waals surface area contributed by atoms with Crippen molar-refractivity contribution >= 4 is 29.6 Å². The molecule has 8 heteroatoms. The number of hydrazone groups is 1. The number of ether oxygens (including phenoxy) is 1. The quantitative estimate of drug-likeness (QED) is 0.353. The van der Waals surface area contributed by atoms with Crippen molar-refractivity contribution in [1.29, 1.82) is 0 Å². The molecule has 2 aromatic carbocycles. The van der Waals surface area contributed by atoms with Gasteiger partial charge in [0.15, 0.2) is 6.61 Å². The number of carbonyl (C=O) groups excluding carboxylic acids is 3. The highest BCUT2D eigenvalue weighted by atomic mass is 16.5. The molecule has 0 aliphatic carbocycles. The lowest BCUT2D eigenvalue weighted by molar-refractivity contribution is -0.139. The van der Waals surface area contributed by atoms with E-state index in [1.165, 1.54) is 6.21 Å². The van der Waals surface area contributed by atoms with Crippen LogP contribution in [0.4, 0.5) is 5.69 Å². The van der Waals surface area contributed by atoms with E-state index >= 15 is 0 Å². The van der Waals surface area contributed by atoms with Crippen molar-refractivity contribution in [2.75, 3.05) is 11.9 Å². The molecule has 0 spiro atoms. The first-order valence-corrected chi connectivity index (χ1v) is 9.60. The molecule has 0 radical (unpaired) electrons. The van der Waals surface area contributed by atoms with Crippen LogP contribution in [0.25, 0.3) is 0 Å². The van der Waals surface area contributed by atoms with E-state index in [1.807, 2.05) is 38.1 Å². The molecule has 0 unspecified atom stereocenters. The van der Waals surface area contributed by atoms with Crippen molar-refractivity contribution in [3.05, 3.63) is 59.7 Å². The van der Waals surface area contributed by atoms with Crippen molar-refractivity contribution in [3.8, 4) is 5.75 Å². The molecule has 0 fully saturated rings. The van der Waals surface area contributed by atoms with Gasteiger partial charge in [-0.05, 0) is 50.1 Å². The van der Waals surface area contributed by atoms with E-state index in [1.54, 1.807) is 31.2 Å². The van der Waals surface area contributed by atoms with Gasteiger partial charge in [0.1, 0.15) is 5.75 Å². The standard InChI is InChI=1S/C22H26N4O4/c1-4-16(3)24-21(28)22(29)26-23-13-17-6-5-7-19(12-17)30-14-20(27)25-18-10-8-15(2)9-11-18/h5-13,16H,4,14H2,1-3H3,(H,24,28)(H,25,27)(H,26,29)/b23-13-/t16-/m1/s1. The summed E-state index contributed by atoms with van der Waals surface area (Å²) in [6.07, 6.45) is 2.10. The Kier molecular flexibility index (Phi) is 8.56. The van der Waals surface area contributed by atoms with E-state index in [4.69, 9.17) is 4.74 Å². The predicted octanol–water partition coefficient (Wildman–Crippen LogP) is 2.38. The van der Waals surface area contributed by atoms with Gasteiger partial charge < -0.3 is 15.4 Å². The van der Waals surface area contributed by atoms with Gasteiger partial charge in [-0.2, -0.15) is 5.10 Å². The number of anilines is 1. The molecule has 158 valence electrons. The van der Waals surface area contributed by atoms with Crippen LogP contribution in [0.1, 0.15) is 31.4 Å². The van der Waals surface area contributed by atoms with Crippen LogP contribution in [0.3, 0.4) is 0 Å². The number of benzene rings is 2. The van der Waals surface area contributed by atoms with Gasteiger partial charge in [0.25, 0.3) is 5.91 Å². The van der Waals surface area contributed by atoms with Crippen LogP contribution in [0.5, 0.6) is 5.75 Å². The average Bonchev–Trinajstić information content (AvgIpc) is 2.74. The fourth-order valence-electron chi connectivity index (χ4n) is 2.28. The third-order valence-corrected chi connectivity index (χ3v) is 4.14. The second-order valence-electron chi connectivity index (χ2n) is 6.76. The van der Waals surface area contributed by atoms with Crippen molar-refractivity contribution in [2.24, 2.45) is 5.10 Å². The predicted molar refractivity (Wildman–Crippen MR) is 115 cm³/mol. The molecule has 0 saturated carbocycles. The number of amides is 3. The van der Waals surface area contributed by atoms with E-state index in [0.29, 0.717) is 17.0 Å². The Morgan fingerprint density at radius 1 is 1.10 bits per heavy atom. The summed E-state index contributed by atoms with van der Waals surface area (Å²) in [7, 11) is 0. The highest BCUT2D eigenvalue weighted by Gasteiger charge is 2.14. The van der Waals surface area contributed by atoms with Crippen LogP contribution in [-0.4, -0.2) is 36.6 Å². The number of hydrogen-bond donors (Lipinski definition) is 3. The molecule has 1 atom stereocenters. The van der Waals surface area contributed by atoms with Crippen LogP contribution >= 0.6 is 0 Å². The van der Waals surface area contributed by atoms with E-state index in [9.17, 15) is 14.4 Å². The summed E-state index contributed by atoms with van der Waals surface area (Å²) in [5.41, 5.74) is 4.61. The zero-order valence-electron chi connectivity index (χ0n) is 17.3. The lowest BCUT2D eigenvalue weighted by Crippen LogP contribution is -2.41. The molecule has 0 aliphatic heterocycles. The first-order chi connectivity index (χ1) is 14.4. The van der Waals surface area contributed by atoms with E-state index in [2.05, 4.69) is 21.2 Å². The molecule has 0 heterocycles. The lowest BCUT2D eigenvalue weighted by Gasteiger charge is -2.09. The minimum Gasteiger partial charge on any atom is -0.484 e. The Balaban J connectivity index is 1.83. The summed E-state index contributed by atoms with van der Waals surface area (Å²) in [4.78, 5) is 35.4. The number of rotatable bonds is 8. The number of nitrogens with zero attached hydrogens (tertiary/aromatic N) is 1. The van der Waals surface area contributed by atoms with E-state index in [0.717, 1.165) is 12.0 Å². The third-order valence-electron chi connectivity index (χ3n) is 4.14. The Morgan fingerprint density at radius 3 is 2.53 bits per heavy atom. The SMILES string of the molecule is CC[C@@H](C)NC(=O)C(=O)N/N=C\c1cccc(OCC(=O)Nc2ccc(C)cc2)c1. The molecule has 0 aromatic heterocycles. The van der Waals surface area contributed by atoms with Crippen LogP contribution < -0.4 is 20.8 Å². The monoisotopic (exact) mass is 410 g/mol. The van der Waals surface area contributed by atoms with Crippen molar-refractivity contribution in [2.45, 2.75) is 33.2 Å². The van der Waals surface area contributed by atoms with Gasteiger partial charge in [-0.25, -0.2) is 5.43 Å². The third kappa shape index (κ3) is 7.75. The minimum atomic E-state index is -0.841. The largest absolute Gasteiger partial charge is 0.484 e. The molecule has 30 heavy (non-hydrogen) atoms. The number of aryl methyl sites for hydroxylation is 1. The molecule has 0 aliphatic rings. The molecular formula is C22H26N4O4. The van der Waals surface area contributed by atoms with Gasteiger partial charge in [-0.1, -0.05) is 36.8 Å². The topological polar surface area (TPSA) is 109 Å². The summed E-state index contributed by atoms with van der Waals surface area (Å²) in [6.45, 7) is 5.53. The van der Waals surface area contributed by atoms with E-state index < -0.39 is 11.8 Å². The summed E-state index contributed by atoms with van der Waals surface area (Å²) >= 11 is 0. The molecule has 0 saturated heterocycles. The van der Waals surface area contributed by atoms with Gasteiger partial charge in [0, 0.05) is 11.7 Å². The van der Waals surface area contributed by atoms with Gasteiger partial charge in [0.2, 0.25) is 0 Å². The number of carbonyl (C=O) groups is 3. The Morgan fingerprint density at radius 2 is 1.83 bits per heavy atom. The fraction of sp³-hybridized carbons (Fsp3) is 0.273. The fourth-order valence-corrected chi connectivity index (χ4v) is 2.28. The maximum absolute atomic E-state index is 12.0. The number of nitrogens with one attached hydrogen (secondary N) is 3. The van der Waals surface area contributed by atoms with Gasteiger partial charge in [-0.15, -0.1) is 0 Å². The van der Waals surface area contributed by atoms with Crippen molar-refractivity contribution in [3.63, 3.8) is 0 Å². The average molecular weight is 410 g/mol. The molecule has 0 bridgehead atoms. The summed E-state index contributed by atoms with van der Waals surface area (Å²) in [5.74, 6) is -1.39. The molecule has 3 N–H and O–H groups in total. The molecule has 2 rings (SSSR count). The molecular weight excluding hydrogens is 384 g/mol. The zero-order chi connectivity index (χ0) is 21.9. The number of hydrogen-bond acceptors (Lipinski definition) is 5. The molecule has 8 nitrogen and oxygen atoms in total. The highest BCUT2D eigenvalue weighted by molar-refractivity contribution is 6.35. The van der Waals surface area contributed by atoms with Crippen molar-refractivity contribution in [1.82, 2.24) is 10.7 Å². The zero-order valence-corrected chi connectivity index (χ0v) is 17.3. The second kappa shape index (κ2) is 11.4. The molecule has 2 aromatic rings. The van der Waals surface area contributed by atoms with Gasteiger partial charge in [0.05, 0.1) is 6.21 Å². The summed E-state index contributed by atoms with van der Waals surface area (Å²) < 4.78 is 5.50. The summed E-state index contributed by atoms with van der Waals surface area (Å²) in [5, 5.41) is 9.08. The van der Waals surface area contributed by atoms with Crippen LogP contribution in [0, 0.1) is 6.92 Å². The van der Waals surface area contributed by atoms with Gasteiger partial charge >= 0.3 is 11.8 Å². The summed E-state index contributed by atoms with van der Waals surface area (Å²) in [6, 6.07) is 14.2. The van der Waals surface area contributed by atoms with E-state index in [-0.39, 0.29) is 18.6 Å². The Hall–Kier alpha value is -3.68. The lowest BCUT2D eigenvalue weighted by atomic mass is 10.2. The molecule has 3 amide bonds. The Labute approximate surface area is 175 Å². The first kappa shape index (κ1) is 22.6. The normalized spacial score (nSPS) is 11.6. The van der Waals surface area contributed by atoms with Crippen molar-refractivity contribution < 1.29 is 19.1 Å². The smallest absolute Gasteiger partial charge is 0.329 e. The minimum absolute atomic E-state index is 0.0933.